The Morgan fingerprint density at radius 2 is 2.05 bits per heavy atom. The fourth-order valence-electron chi connectivity index (χ4n) is 1.80. The van der Waals surface area contributed by atoms with Crippen molar-refractivity contribution >= 4 is 41.9 Å². The topological polar surface area (TPSA) is 64.0 Å². The zero-order chi connectivity index (χ0) is 15.5. The highest BCUT2D eigenvalue weighted by molar-refractivity contribution is 9.11. The van der Waals surface area contributed by atoms with Crippen LogP contribution in [0.1, 0.15) is 12.0 Å². The van der Waals surface area contributed by atoms with Crippen LogP contribution in [0.5, 0.6) is 0 Å². The third-order valence-corrected chi connectivity index (χ3v) is 6.22. The third kappa shape index (κ3) is 4.38. The van der Waals surface area contributed by atoms with Crippen LogP contribution in [0.2, 0.25) is 0 Å². The molecule has 2 aromatic rings. The second-order valence-corrected chi connectivity index (χ2v) is 8.03. The molecule has 0 atom stereocenters. The summed E-state index contributed by atoms with van der Waals surface area (Å²) in [6.07, 6.45) is 5.95. The highest BCUT2D eigenvalue weighted by Gasteiger charge is 2.18. The van der Waals surface area contributed by atoms with Crippen molar-refractivity contribution in [3.8, 4) is 0 Å². The zero-order valence-electron chi connectivity index (χ0n) is 11.4. The Hall–Kier alpha value is -0.700. The monoisotopic (exact) mass is 435 g/mol. The van der Waals surface area contributed by atoms with Crippen molar-refractivity contribution in [1.82, 2.24) is 14.3 Å². The molecular formula is C13H15Br2N3O2S. The molecule has 1 aromatic carbocycles. The second kappa shape index (κ2) is 7.04. The van der Waals surface area contributed by atoms with Crippen LogP contribution in [0.25, 0.3) is 0 Å². The van der Waals surface area contributed by atoms with Gasteiger partial charge in [-0.1, -0.05) is 15.9 Å². The molecule has 0 unspecified atom stereocenters. The van der Waals surface area contributed by atoms with Crippen molar-refractivity contribution in [3.05, 3.63) is 45.4 Å². The molecule has 0 spiro atoms. The molecule has 1 N–H and O–H groups in total. The molecule has 8 heteroatoms. The molecule has 0 amide bonds. The van der Waals surface area contributed by atoms with Crippen molar-refractivity contribution in [3.63, 3.8) is 0 Å². The van der Waals surface area contributed by atoms with Gasteiger partial charge in [-0.2, -0.15) is 0 Å². The summed E-state index contributed by atoms with van der Waals surface area (Å²) in [6, 6.07) is 3.39. The standard InChI is InChI=1S/C13H15Br2N3O2S/c1-10-7-12(15)13(8-11(10)14)21(19,20)17-3-2-5-18-6-4-16-9-18/h4,6-9,17H,2-3,5H2,1H3. The number of nitrogens with one attached hydrogen (secondary N) is 1. The number of sulfonamides is 1. The molecule has 0 saturated heterocycles. The van der Waals surface area contributed by atoms with Crippen LogP contribution < -0.4 is 4.72 Å². The normalized spacial score (nSPS) is 11.8. The molecule has 2 rings (SSSR count). The van der Waals surface area contributed by atoms with Gasteiger partial charge in [0.05, 0.1) is 11.2 Å². The van der Waals surface area contributed by atoms with Gasteiger partial charge in [-0.25, -0.2) is 18.1 Å². The Morgan fingerprint density at radius 1 is 1.29 bits per heavy atom. The van der Waals surface area contributed by atoms with E-state index in [1.165, 1.54) is 0 Å². The summed E-state index contributed by atoms with van der Waals surface area (Å²) in [5.41, 5.74) is 0.973. The molecular weight excluding hydrogens is 422 g/mol. The van der Waals surface area contributed by atoms with E-state index >= 15 is 0 Å². The summed E-state index contributed by atoms with van der Waals surface area (Å²) in [5, 5.41) is 0. The highest BCUT2D eigenvalue weighted by atomic mass is 79.9. The van der Waals surface area contributed by atoms with E-state index in [0.29, 0.717) is 17.4 Å². The van der Waals surface area contributed by atoms with Gasteiger partial charge in [-0.05, 0) is 47.0 Å². The quantitative estimate of drug-likeness (QED) is 0.707. The minimum absolute atomic E-state index is 0.239. The molecule has 0 bridgehead atoms. The van der Waals surface area contributed by atoms with Gasteiger partial charge in [-0.15, -0.1) is 0 Å². The van der Waals surface area contributed by atoms with Crippen LogP contribution in [0.4, 0.5) is 0 Å². The van der Waals surface area contributed by atoms with E-state index < -0.39 is 10.0 Å². The zero-order valence-corrected chi connectivity index (χ0v) is 15.4. The van der Waals surface area contributed by atoms with Crippen molar-refractivity contribution in [2.24, 2.45) is 0 Å². The average Bonchev–Trinajstić information content (AvgIpc) is 2.92. The molecule has 0 aliphatic rings. The van der Waals surface area contributed by atoms with Crippen molar-refractivity contribution in [1.29, 1.82) is 0 Å². The average molecular weight is 437 g/mol. The summed E-state index contributed by atoms with van der Waals surface area (Å²) in [7, 11) is -3.52. The predicted molar refractivity (Wildman–Crippen MR) is 88.6 cm³/mol. The Bertz CT molecular complexity index is 715. The van der Waals surface area contributed by atoms with E-state index in [0.717, 1.165) is 16.6 Å². The second-order valence-electron chi connectivity index (χ2n) is 4.58. The summed E-state index contributed by atoms with van der Waals surface area (Å²) in [5.74, 6) is 0. The molecule has 0 saturated carbocycles. The molecule has 0 fully saturated rings. The van der Waals surface area contributed by atoms with Gasteiger partial charge in [-0.3, -0.25) is 0 Å². The Kier molecular flexibility index (Phi) is 5.59. The number of hydrogen-bond donors (Lipinski definition) is 1. The minimum Gasteiger partial charge on any atom is -0.337 e. The highest BCUT2D eigenvalue weighted by Crippen LogP contribution is 2.28. The maximum Gasteiger partial charge on any atom is 0.241 e. The lowest BCUT2D eigenvalue weighted by Crippen LogP contribution is -2.26. The van der Waals surface area contributed by atoms with Gasteiger partial charge in [0.15, 0.2) is 0 Å². The summed E-state index contributed by atoms with van der Waals surface area (Å²) >= 11 is 6.66. The van der Waals surface area contributed by atoms with Gasteiger partial charge in [0.25, 0.3) is 0 Å². The molecule has 114 valence electrons. The van der Waals surface area contributed by atoms with Crippen LogP contribution >= 0.6 is 31.9 Å². The molecule has 1 aromatic heterocycles. The molecule has 0 radical (unpaired) electrons. The number of imidazole rings is 1. The van der Waals surface area contributed by atoms with E-state index in [9.17, 15) is 8.42 Å². The van der Waals surface area contributed by atoms with E-state index in [2.05, 4.69) is 41.6 Å². The van der Waals surface area contributed by atoms with Gasteiger partial charge in [0, 0.05) is 34.4 Å². The summed E-state index contributed by atoms with van der Waals surface area (Å²) < 4.78 is 30.4. The van der Waals surface area contributed by atoms with Crippen LogP contribution in [0.3, 0.4) is 0 Å². The van der Waals surface area contributed by atoms with E-state index in [4.69, 9.17) is 0 Å². The van der Waals surface area contributed by atoms with Crippen LogP contribution in [-0.2, 0) is 16.6 Å². The SMILES string of the molecule is Cc1cc(Br)c(S(=O)(=O)NCCCn2ccnc2)cc1Br. The maximum atomic E-state index is 12.3. The van der Waals surface area contributed by atoms with E-state index in [1.807, 2.05) is 17.7 Å². The first-order valence-corrected chi connectivity index (χ1v) is 9.38. The molecule has 21 heavy (non-hydrogen) atoms. The first-order valence-electron chi connectivity index (χ1n) is 6.31. The minimum atomic E-state index is -3.52. The van der Waals surface area contributed by atoms with E-state index in [1.54, 1.807) is 24.7 Å². The summed E-state index contributed by atoms with van der Waals surface area (Å²) in [6.45, 7) is 3.00. The first kappa shape index (κ1) is 16.7. The number of benzene rings is 1. The number of aromatic nitrogens is 2. The smallest absolute Gasteiger partial charge is 0.241 e. The number of nitrogens with zero attached hydrogens (tertiary/aromatic N) is 2. The van der Waals surface area contributed by atoms with Gasteiger partial charge in [0.2, 0.25) is 10.0 Å². The lowest BCUT2D eigenvalue weighted by molar-refractivity contribution is 0.569. The number of halogens is 2. The third-order valence-electron chi connectivity index (χ3n) is 2.95. The lowest BCUT2D eigenvalue weighted by Gasteiger charge is -2.10. The Balaban J connectivity index is 2.00. The largest absolute Gasteiger partial charge is 0.337 e. The van der Waals surface area contributed by atoms with Crippen molar-refractivity contribution < 1.29 is 8.42 Å². The molecule has 5 nitrogen and oxygen atoms in total. The Labute approximate surface area is 141 Å². The molecule has 1 heterocycles. The van der Waals surface area contributed by atoms with Crippen LogP contribution in [-0.4, -0.2) is 24.5 Å². The van der Waals surface area contributed by atoms with Crippen LogP contribution in [0, 0.1) is 6.92 Å². The summed E-state index contributed by atoms with van der Waals surface area (Å²) in [4.78, 5) is 4.18. The predicted octanol–water partition coefficient (Wildman–Crippen LogP) is 3.09. The lowest BCUT2D eigenvalue weighted by atomic mass is 10.2. The van der Waals surface area contributed by atoms with Crippen LogP contribution in [0.15, 0.2) is 44.7 Å². The maximum absolute atomic E-state index is 12.3. The van der Waals surface area contributed by atoms with Gasteiger partial charge >= 0.3 is 0 Å². The molecule has 0 aliphatic carbocycles. The van der Waals surface area contributed by atoms with E-state index in [-0.39, 0.29) is 4.90 Å². The van der Waals surface area contributed by atoms with Gasteiger partial charge < -0.3 is 4.57 Å². The first-order chi connectivity index (χ1) is 9.90. The number of hydrogen-bond acceptors (Lipinski definition) is 3. The fourth-order valence-corrected chi connectivity index (χ4v) is 4.55. The number of rotatable bonds is 6. The van der Waals surface area contributed by atoms with Gasteiger partial charge in [0.1, 0.15) is 0 Å². The molecule has 0 aliphatic heterocycles. The van der Waals surface area contributed by atoms with Crippen molar-refractivity contribution in [2.45, 2.75) is 24.8 Å². The number of aryl methyl sites for hydroxylation is 2. The Morgan fingerprint density at radius 3 is 2.71 bits per heavy atom. The van der Waals surface area contributed by atoms with Crippen molar-refractivity contribution in [2.75, 3.05) is 6.54 Å². The fraction of sp³-hybridized carbons (Fsp3) is 0.308.